The first-order valence-corrected chi connectivity index (χ1v) is 6.19. The molecule has 0 unspecified atom stereocenters. The molecule has 110 valence electrons. The number of nitrogens with two attached hydrogens (primary N) is 1. The lowest BCUT2D eigenvalue weighted by Gasteiger charge is -2.33. The normalized spacial score (nSPS) is 17.9. The van der Waals surface area contributed by atoms with Gasteiger partial charge < -0.3 is 15.4 Å². The van der Waals surface area contributed by atoms with Crippen molar-refractivity contribution < 1.29 is 22.7 Å². The van der Waals surface area contributed by atoms with Gasteiger partial charge in [0, 0.05) is 25.9 Å². The van der Waals surface area contributed by atoms with Gasteiger partial charge in [-0.15, -0.1) is 0 Å². The molecular weight excluding hydrogens is 273 g/mol. The Morgan fingerprint density at radius 1 is 1.35 bits per heavy atom. The fraction of sp³-hybridized carbons (Fsp3) is 0.462. The van der Waals surface area contributed by atoms with Gasteiger partial charge in [-0.1, -0.05) is 0 Å². The minimum absolute atomic E-state index is 0.0450. The standard InChI is InChI=1S/C13H15F3N2O2/c1-8-6-9(11(14)10(7-8)20-12(17)19)18-4-2-13(15,16)3-5-18/h6-7H,2-5H2,1H3,(H2,17,19). The molecule has 1 heterocycles. The maximum absolute atomic E-state index is 14.2. The van der Waals surface area contributed by atoms with E-state index in [-0.39, 0.29) is 37.4 Å². The van der Waals surface area contributed by atoms with Crippen molar-refractivity contribution >= 4 is 11.8 Å². The number of hydrogen-bond donors (Lipinski definition) is 1. The number of benzene rings is 1. The first-order chi connectivity index (χ1) is 9.28. The molecule has 1 amide bonds. The van der Waals surface area contributed by atoms with Crippen LogP contribution < -0.4 is 15.4 Å². The molecule has 0 saturated carbocycles. The molecule has 0 radical (unpaired) electrons. The molecule has 2 N–H and O–H groups in total. The highest BCUT2D eigenvalue weighted by Gasteiger charge is 2.35. The predicted octanol–water partition coefficient (Wildman–Crippen LogP) is 2.83. The zero-order valence-electron chi connectivity index (χ0n) is 11.0. The van der Waals surface area contributed by atoms with E-state index in [0.717, 1.165) is 0 Å². The van der Waals surface area contributed by atoms with Crippen LogP contribution in [-0.2, 0) is 0 Å². The first kappa shape index (κ1) is 14.5. The van der Waals surface area contributed by atoms with Crippen LogP contribution in [0.5, 0.6) is 5.75 Å². The predicted molar refractivity (Wildman–Crippen MR) is 67.7 cm³/mol. The average molecular weight is 288 g/mol. The number of carbonyl (C=O) groups excluding carboxylic acids is 1. The van der Waals surface area contributed by atoms with Crippen molar-refractivity contribution in [3.63, 3.8) is 0 Å². The van der Waals surface area contributed by atoms with Gasteiger partial charge in [-0.25, -0.2) is 18.0 Å². The van der Waals surface area contributed by atoms with Crippen molar-refractivity contribution in [3.05, 3.63) is 23.5 Å². The summed E-state index contributed by atoms with van der Waals surface area (Å²) in [5.74, 6) is -3.76. The lowest BCUT2D eigenvalue weighted by molar-refractivity contribution is -0.0221. The molecule has 0 spiro atoms. The topological polar surface area (TPSA) is 55.6 Å². The summed E-state index contributed by atoms with van der Waals surface area (Å²) < 4.78 is 45.1. The second kappa shape index (κ2) is 5.22. The summed E-state index contributed by atoms with van der Waals surface area (Å²) in [5.41, 5.74) is 5.66. The molecule has 0 bridgehead atoms. The molecule has 0 aromatic heterocycles. The fourth-order valence-electron chi connectivity index (χ4n) is 2.20. The summed E-state index contributed by atoms with van der Waals surface area (Å²) in [6, 6.07) is 2.87. The Balaban J connectivity index is 2.28. The third kappa shape index (κ3) is 3.15. The van der Waals surface area contributed by atoms with E-state index in [2.05, 4.69) is 4.74 Å². The molecule has 20 heavy (non-hydrogen) atoms. The number of nitrogens with zero attached hydrogens (tertiary/aromatic N) is 1. The summed E-state index contributed by atoms with van der Waals surface area (Å²) in [4.78, 5) is 12.2. The van der Waals surface area contributed by atoms with Crippen LogP contribution in [0.2, 0.25) is 0 Å². The smallest absolute Gasteiger partial charge is 0.407 e. The van der Waals surface area contributed by atoms with Crippen LogP contribution in [0.25, 0.3) is 0 Å². The first-order valence-electron chi connectivity index (χ1n) is 6.19. The summed E-state index contributed by atoms with van der Waals surface area (Å²) in [6.07, 6.45) is -1.77. The van der Waals surface area contributed by atoms with Crippen molar-refractivity contribution in [1.29, 1.82) is 0 Å². The summed E-state index contributed by atoms with van der Waals surface area (Å²) in [7, 11) is 0. The van der Waals surface area contributed by atoms with Gasteiger partial charge in [0.05, 0.1) is 5.69 Å². The lowest BCUT2D eigenvalue weighted by Crippen LogP contribution is -2.39. The molecule has 1 aliphatic rings. The van der Waals surface area contributed by atoms with Gasteiger partial charge in [-0.05, 0) is 24.6 Å². The molecule has 1 aliphatic heterocycles. The molecule has 0 aliphatic carbocycles. The highest BCUT2D eigenvalue weighted by Crippen LogP contribution is 2.35. The zero-order valence-corrected chi connectivity index (χ0v) is 11.0. The Kier molecular flexibility index (Phi) is 3.78. The fourth-order valence-corrected chi connectivity index (χ4v) is 2.20. The van der Waals surface area contributed by atoms with Crippen molar-refractivity contribution in [2.45, 2.75) is 25.7 Å². The van der Waals surface area contributed by atoms with Gasteiger partial charge in [0.1, 0.15) is 0 Å². The minimum Gasteiger partial charge on any atom is -0.407 e. The van der Waals surface area contributed by atoms with Gasteiger partial charge in [0.25, 0.3) is 5.92 Å². The van der Waals surface area contributed by atoms with E-state index >= 15 is 0 Å². The van der Waals surface area contributed by atoms with Crippen LogP contribution in [0.4, 0.5) is 23.7 Å². The van der Waals surface area contributed by atoms with Crippen LogP contribution >= 0.6 is 0 Å². The van der Waals surface area contributed by atoms with Crippen LogP contribution in [0.3, 0.4) is 0 Å². The van der Waals surface area contributed by atoms with E-state index in [4.69, 9.17) is 5.73 Å². The van der Waals surface area contributed by atoms with Gasteiger partial charge >= 0.3 is 6.09 Å². The molecule has 4 nitrogen and oxygen atoms in total. The molecule has 0 atom stereocenters. The van der Waals surface area contributed by atoms with Gasteiger partial charge in [-0.2, -0.15) is 0 Å². The second-order valence-corrected chi connectivity index (χ2v) is 4.86. The molecule has 1 saturated heterocycles. The Morgan fingerprint density at radius 2 is 1.95 bits per heavy atom. The molecule has 7 heteroatoms. The van der Waals surface area contributed by atoms with Crippen LogP contribution in [0, 0.1) is 12.7 Å². The molecular formula is C13H15F3N2O2. The lowest BCUT2D eigenvalue weighted by atomic mass is 10.1. The third-order valence-corrected chi connectivity index (χ3v) is 3.21. The van der Waals surface area contributed by atoms with Gasteiger partial charge in [-0.3, -0.25) is 0 Å². The number of primary amides is 1. The van der Waals surface area contributed by atoms with E-state index in [9.17, 15) is 18.0 Å². The summed E-state index contributed by atoms with van der Waals surface area (Å²) >= 11 is 0. The Labute approximate surface area is 114 Å². The number of ether oxygens (including phenoxy) is 1. The van der Waals surface area contributed by atoms with Crippen molar-refractivity contribution in [3.8, 4) is 5.75 Å². The average Bonchev–Trinajstić information content (AvgIpc) is 2.33. The number of halogens is 3. The van der Waals surface area contributed by atoms with Crippen molar-refractivity contribution in [2.24, 2.45) is 5.73 Å². The van der Waals surface area contributed by atoms with Crippen molar-refractivity contribution in [1.82, 2.24) is 0 Å². The summed E-state index contributed by atoms with van der Waals surface area (Å²) in [6.45, 7) is 1.78. The summed E-state index contributed by atoms with van der Waals surface area (Å²) in [5, 5.41) is 0. The van der Waals surface area contributed by atoms with Gasteiger partial charge in [0.2, 0.25) is 0 Å². The Morgan fingerprint density at radius 3 is 2.50 bits per heavy atom. The second-order valence-electron chi connectivity index (χ2n) is 4.86. The monoisotopic (exact) mass is 288 g/mol. The number of amides is 1. The Bertz CT molecular complexity index is 525. The van der Waals surface area contributed by atoms with Crippen LogP contribution in [-0.4, -0.2) is 25.1 Å². The van der Waals surface area contributed by atoms with Crippen LogP contribution in [0.1, 0.15) is 18.4 Å². The number of alkyl halides is 2. The van der Waals surface area contributed by atoms with Crippen LogP contribution in [0.15, 0.2) is 12.1 Å². The highest BCUT2D eigenvalue weighted by atomic mass is 19.3. The van der Waals surface area contributed by atoms with E-state index in [0.29, 0.717) is 5.56 Å². The quantitative estimate of drug-likeness (QED) is 0.910. The molecule has 1 fully saturated rings. The van der Waals surface area contributed by atoms with Crippen molar-refractivity contribution in [2.75, 3.05) is 18.0 Å². The zero-order chi connectivity index (χ0) is 14.9. The number of aryl methyl sites for hydroxylation is 1. The number of carbonyl (C=O) groups is 1. The molecule has 1 aromatic carbocycles. The number of hydrogen-bond acceptors (Lipinski definition) is 3. The minimum atomic E-state index is -2.71. The van der Waals surface area contributed by atoms with E-state index < -0.39 is 17.8 Å². The van der Waals surface area contributed by atoms with E-state index in [1.807, 2.05) is 0 Å². The highest BCUT2D eigenvalue weighted by molar-refractivity contribution is 5.69. The largest absolute Gasteiger partial charge is 0.410 e. The number of piperidine rings is 1. The number of rotatable bonds is 2. The maximum atomic E-state index is 14.2. The SMILES string of the molecule is Cc1cc(OC(N)=O)c(F)c(N2CCC(F)(F)CC2)c1. The number of anilines is 1. The third-order valence-electron chi connectivity index (χ3n) is 3.21. The van der Waals surface area contributed by atoms with E-state index in [1.54, 1.807) is 6.92 Å². The van der Waals surface area contributed by atoms with E-state index in [1.165, 1.54) is 17.0 Å². The molecule has 1 aromatic rings. The molecule has 2 rings (SSSR count). The maximum Gasteiger partial charge on any atom is 0.410 e. The van der Waals surface area contributed by atoms with Gasteiger partial charge in [0.15, 0.2) is 11.6 Å². The Hall–Kier alpha value is -1.92.